The van der Waals surface area contributed by atoms with E-state index in [1.165, 1.54) is 23.5 Å². The van der Waals surface area contributed by atoms with E-state index in [4.69, 9.17) is 5.73 Å². The zero-order valence-electron chi connectivity index (χ0n) is 16.4. The molecule has 0 aliphatic rings. The molecule has 156 valence electrons. The second-order valence-electron chi connectivity index (χ2n) is 7.00. The van der Waals surface area contributed by atoms with Crippen LogP contribution in [-0.4, -0.2) is 28.7 Å². The minimum Gasteiger partial charge on any atom is -0.366 e. The van der Waals surface area contributed by atoms with Crippen LogP contribution in [0.1, 0.15) is 25.6 Å². The van der Waals surface area contributed by atoms with E-state index in [1.807, 2.05) is 35.8 Å². The summed E-state index contributed by atoms with van der Waals surface area (Å²) in [6, 6.07) is 16.8. The Balaban J connectivity index is 1.57. The van der Waals surface area contributed by atoms with Gasteiger partial charge in [-0.2, -0.15) is 0 Å². The number of benzene rings is 2. The highest BCUT2D eigenvalue weighted by atomic mass is 32.1. The largest absolute Gasteiger partial charge is 0.366 e. The molecule has 31 heavy (non-hydrogen) atoms. The number of aromatic amines is 1. The van der Waals surface area contributed by atoms with Crippen molar-refractivity contribution in [2.24, 2.45) is 5.73 Å². The summed E-state index contributed by atoms with van der Waals surface area (Å²) in [7, 11) is 0. The molecule has 1 atom stereocenters. The van der Waals surface area contributed by atoms with Gasteiger partial charge in [-0.3, -0.25) is 14.4 Å². The van der Waals surface area contributed by atoms with E-state index < -0.39 is 11.9 Å². The van der Waals surface area contributed by atoms with Crippen LogP contribution in [0.2, 0.25) is 0 Å². The lowest BCUT2D eigenvalue weighted by Crippen LogP contribution is -2.45. The Labute approximate surface area is 182 Å². The van der Waals surface area contributed by atoms with Crippen LogP contribution in [0.3, 0.4) is 0 Å². The van der Waals surface area contributed by atoms with E-state index in [0.717, 1.165) is 16.5 Å². The zero-order valence-corrected chi connectivity index (χ0v) is 17.2. The molecule has 4 aromatic rings. The molecule has 5 N–H and O–H groups in total. The van der Waals surface area contributed by atoms with E-state index in [2.05, 4.69) is 15.6 Å². The van der Waals surface area contributed by atoms with Crippen molar-refractivity contribution in [2.45, 2.75) is 12.5 Å². The first-order valence-corrected chi connectivity index (χ1v) is 10.5. The summed E-state index contributed by atoms with van der Waals surface area (Å²) in [5, 5.41) is 8.46. The predicted molar refractivity (Wildman–Crippen MR) is 121 cm³/mol. The summed E-state index contributed by atoms with van der Waals surface area (Å²) in [6.07, 6.45) is 2.16. The molecular weight excluding hydrogens is 412 g/mol. The fourth-order valence-electron chi connectivity index (χ4n) is 3.31. The lowest BCUT2D eigenvalue weighted by molar-refractivity contribution is -0.118. The topological polar surface area (TPSA) is 117 Å². The van der Waals surface area contributed by atoms with Crippen LogP contribution in [0.5, 0.6) is 0 Å². The fraction of sp³-hybridized carbons (Fsp3) is 0.0870. The average Bonchev–Trinajstić information content (AvgIpc) is 3.44. The van der Waals surface area contributed by atoms with Crippen LogP contribution in [0, 0.1) is 0 Å². The number of nitrogens with one attached hydrogen (secondary N) is 3. The molecular formula is C23H20N4O3S. The Hall–Kier alpha value is -3.91. The van der Waals surface area contributed by atoms with Gasteiger partial charge in [0.15, 0.2) is 0 Å². The summed E-state index contributed by atoms with van der Waals surface area (Å²) < 4.78 is 0. The molecule has 0 unspecified atom stereocenters. The highest BCUT2D eigenvalue weighted by molar-refractivity contribution is 7.12. The third-order valence-corrected chi connectivity index (χ3v) is 5.77. The van der Waals surface area contributed by atoms with Crippen LogP contribution < -0.4 is 16.4 Å². The second kappa shape index (κ2) is 8.85. The number of aromatic nitrogens is 1. The first-order valence-electron chi connectivity index (χ1n) is 9.61. The van der Waals surface area contributed by atoms with E-state index in [-0.39, 0.29) is 11.8 Å². The van der Waals surface area contributed by atoms with Gasteiger partial charge in [-0.25, -0.2) is 0 Å². The van der Waals surface area contributed by atoms with Crippen molar-refractivity contribution in [1.29, 1.82) is 0 Å². The maximum Gasteiger partial charge on any atom is 0.262 e. The van der Waals surface area contributed by atoms with E-state index in [1.54, 1.807) is 24.3 Å². The Morgan fingerprint density at radius 2 is 1.77 bits per heavy atom. The van der Waals surface area contributed by atoms with Gasteiger partial charge in [0, 0.05) is 34.8 Å². The van der Waals surface area contributed by atoms with Crippen molar-refractivity contribution in [2.75, 3.05) is 5.32 Å². The molecule has 0 spiro atoms. The first kappa shape index (κ1) is 20.4. The highest BCUT2D eigenvalue weighted by Crippen LogP contribution is 2.20. The van der Waals surface area contributed by atoms with Gasteiger partial charge in [0.1, 0.15) is 6.04 Å². The SMILES string of the molecule is NC(=O)c1ccc(NC(=O)[C@@H](Cc2c[nH]c3ccccc23)NC(=O)c2cccs2)cc1. The number of anilines is 1. The Bertz CT molecular complexity index is 1230. The first-order chi connectivity index (χ1) is 15.0. The Morgan fingerprint density at radius 1 is 1.00 bits per heavy atom. The minimum atomic E-state index is -0.801. The van der Waals surface area contributed by atoms with Gasteiger partial charge in [0.25, 0.3) is 5.91 Å². The fourth-order valence-corrected chi connectivity index (χ4v) is 3.94. The predicted octanol–water partition coefficient (Wildman–Crippen LogP) is 3.31. The molecule has 4 rings (SSSR count). The lowest BCUT2D eigenvalue weighted by Gasteiger charge is -2.18. The van der Waals surface area contributed by atoms with Crippen LogP contribution in [0.15, 0.2) is 72.2 Å². The average molecular weight is 433 g/mol. The molecule has 0 saturated heterocycles. The number of carbonyl (C=O) groups excluding carboxylic acids is 3. The smallest absolute Gasteiger partial charge is 0.262 e. The summed E-state index contributed by atoms with van der Waals surface area (Å²) >= 11 is 1.31. The summed E-state index contributed by atoms with van der Waals surface area (Å²) in [5.74, 6) is -1.21. The van der Waals surface area contributed by atoms with Crippen LogP contribution >= 0.6 is 11.3 Å². The number of rotatable bonds is 7. The molecule has 2 heterocycles. The van der Waals surface area contributed by atoms with Gasteiger partial charge in [0.2, 0.25) is 11.8 Å². The van der Waals surface area contributed by atoms with Crippen LogP contribution in [-0.2, 0) is 11.2 Å². The zero-order chi connectivity index (χ0) is 21.8. The third-order valence-electron chi connectivity index (χ3n) is 4.90. The monoisotopic (exact) mass is 432 g/mol. The normalized spacial score (nSPS) is 11.7. The third kappa shape index (κ3) is 4.65. The highest BCUT2D eigenvalue weighted by Gasteiger charge is 2.24. The number of carbonyl (C=O) groups is 3. The molecule has 3 amide bonds. The Kier molecular flexibility index (Phi) is 5.81. The van der Waals surface area contributed by atoms with Gasteiger partial charge in [-0.05, 0) is 47.3 Å². The van der Waals surface area contributed by atoms with Crippen molar-refractivity contribution in [1.82, 2.24) is 10.3 Å². The molecule has 2 aromatic carbocycles. The van der Waals surface area contributed by atoms with Crippen molar-refractivity contribution in [3.05, 3.63) is 88.2 Å². The van der Waals surface area contributed by atoms with Gasteiger partial charge in [-0.1, -0.05) is 24.3 Å². The maximum atomic E-state index is 13.1. The standard InChI is InChI=1S/C23H20N4O3S/c24-21(28)14-7-9-16(10-8-14)26-22(29)19(27-23(30)20-6-3-11-31-20)12-15-13-25-18-5-2-1-4-17(15)18/h1-11,13,19,25H,12H2,(H2,24,28)(H,26,29)(H,27,30)/t19-/m1/s1. The van der Waals surface area contributed by atoms with Crippen LogP contribution in [0.4, 0.5) is 5.69 Å². The molecule has 0 aliphatic heterocycles. The molecule has 0 fully saturated rings. The number of hydrogen-bond donors (Lipinski definition) is 4. The molecule has 0 aliphatic carbocycles. The molecule has 0 bridgehead atoms. The van der Waals surface area contributed by atoms with Gasteiger partial charge in [-0.15, -0.1) is 11.3 Å². The van der Waals surface area contributed by atoms with Crippen molar-refractivity contribution >= 4 is 45.6 Å². The van der Waals surface area contributed by atoms with E-state index >= 15 is 0 Å². The number of nitrogens with two attached hydrogens (primary N) is 1. The van der Waals surface area contributed by atoms with Crippen LogP contribution in [0.25, 0.3) is 10.9 Å². The lowest BCUT2D eigenvalue weighted by atomic mass is 10.0. The molecule has 2 aromatic heterocycles. The quantitative estimate of drug-likeness (QED) is 0.359. The minimum absolute atomic E-state index is 0.306. The number of para-hydroxylation sites is 1. The molecule has 7 nitrogen and oxygen atoms in total. The van der Waals surface area contributed by atoms with Crippen molar-refractivity contribution in [3.63, 3.8) is 0 Å². The Morgan fingerprint density at radius 3 is 2.48 bits per heavy atom. The van der Waals surface area contributed by atoms with E-state index in [0.29, 0.717) is 22.5 Å². The molecule has 8 heteroatoms. The number of thiophene rings is 1. The summed E-state index contributed by atoms with van der Waals surface area (Å²) in [5.41, 5.74) is 7.99. The molecule has 0 radical (unpaired) electrons. The van der Waals surface area contributed by atoms with Gasteiger partial charge < -0.3 is 21.4 Å². The second-order valence-corrected chi connectivity index (χ2v) is 7.95. The number of H-pyrrole nitrogens is 1. The van der Waals surface area contributed by atoms with Gasteiger partial charge in [0.05, 0.1) is 4.88 Å². The van der Waals surface area contributed by atoms with Crippen molar-refractivity contribution < 1.29 is 14.4 Å². The summed E-state index contributed by atoms with van der Waals surface area (Å²) in [6.45, 7) is 0. The van der Waals surface area contributed by atoms with Crippen molar-refractivity contribution in [3.8, 4) is 0 Å². The van der Waals surface area contributed by atoms with E-state index in [9.17, 15) is 14.4 Å². The number of primary amides is 1. The molecule has 0 saturated carbocycles. The number of amides is 3. The maximum absolute atomic E-state index is 13.1. The number of hydrogen-bond acceptors (Lipinski definition) is 4. The van der Waals surface area contributed by atoms with Gasteiger partial charge >= 0.3 is 0 Å². The summed E-state index contributed by atoms with van der Waals surface area (Å²) in [4.78, 5) is 40.7. The number of fused-ring (bicyclic) bond motifs is 1.